The van der Waals surface area contributed by atoms with E-state index in [4.69, 9.17) is 5.14 Å². The summed E-state index contributed by atoms with van der Waals surface area (Å²) in [6, 6.07) is 0. The highest BCUT2D eigenvalue weighted by molar-refractivity contribution is 7.89. The molecule has 3 N–H and O–H groups in total. The number of aryl methyl sites for hydroxylation is 1. The lowest BCUT2D eigenvalue weighted by atomic mass is 9.86. The van der Waals surface area contributed by atoms with Crippen LogP contribution in [0.3, 0.4) is 0 Å². The first-order valence-electron chi connectivity index (χ1n) is 8.27. The molecule has 0 saturated heterocycles. The molecule has 1 heterocycles. The number of nitrogens with zero attached hydrogens (tertiary/aromatic N) is 2. The number of aromatic nitrogens is 2. The molecule has 0 unspecified atom stereocenters. The number of amides is 1. The molecule has 0 atom stereocenters. The van der Waals surface area contributed by atoms with Gasteiger partial charge in [0.2, 0.25) is 15.9 Å². The van der Waals surface area contributed by atoms with Crippen LogP contribution in [0.4, 0.5) is 0 Å². The van der Waals surface area contributed by atoms with Gasteiger partial charge in [0.1, 0.15) is 4.90 Å². The third-order valence-electron chi connectivity index (χ3n) is 4.34. The fourth-order valence-electron chi connectivity index (χ4n) is 3.01. The molecule has 0 radical (unpaired) electrons. The Labute approximate surface area is 137 Å². The lowest BCUT2D eigenvalue weighted by Crippen LogP contribution is -2.26. The molecule has 1 amide bonds. The maximum atomic E-state index is 11.8. The normalized spacial score (nSPS) is 16.4. The van der Waals surface area contributed by atoms with Crippen molar-refractivity contribution >= 4 is 15.9 Å². The number of sulfonamides is 1. The summed E-state index contributed by atoms with van der Waals surface area (Å²) in [5.74, 6) is 0.794. The number of hydrogen-bond acceptors (Lipinski definition) is 4. The van der Waals surface area contributed by atoms with Gasteiger partial charge in [-0.1, -0.05) is 32.1 Å². The molecule has 1 aliphatic rings. The zero-order chi connectivity index (χ0) is 16.7. The minimum absolute atomic E-state index is 0.0367. The largest absolute Gasteiger partial charge is 0.356 e. The van der Waals surface area contributed by atoms with Crippen LogP contribution in [-0.2, 0) is 21.4 Å². The highest BCUT2D eigenvalue weighted by Gasteiger charge is 2.13. The molecule has 0 aromatic carbocycles. The van der Waals surface area contributed by atoms with Gasteiger partial charge in [-0.25, -0.2) is 13.6 Å². The van der Waals surface area contributed by atoms with E-state index in [0.29, 0.717) is 13.1 Å². The molecule has 1 saturated carbocycles. The number of nitrogens with two attached hydrogens (primary N) is 1. The lowest BCUT2D eigenvalue weighted by Gasteiger charge is -2.21. The number of rotatable bonds is 8. The summed E-state index contributed by atoms with van der Waals surface area (Å²) >= 11 is 0. The monoisotopic (exact) mass is 342 g/mol. The number of nitrogens with one attached hydrogen (secondary N) is 1. The molecule has 1 fully saturated rings. The minimum Gasteiger partial charge on any atom is -0.356 e. The number of carbonyl (C=O) groups excluding carboxylic acids is 1. The quantitative estimate of drug-likeness (QED) is 0.696. The Bertz CT molecular complexity index is 606. The first kappa shape index (κ1) is 17.9. The number of primary sulfonamides is 1. The van der Waals surface area contributed by atoms with Gasteiger partial charge >= 0.3 is 0 Å². The smallest absolute Gasteiger partial charge is 0.241 e. The zero-order valence-corrected chi connectivity index (χ0v) is 14.2. The Morgan fingerprint density at radius 3 is 2.74 bits per heavy atom. The van der Waals surface area contributed by atoms with E-state index in [1.165, 1.54) is 55.6 Å². The third-order valence-corrected chi connectivity index (χ3v) is 5.21. The maximum absolute atomic E-state index is 11.8. The van der Waals surface area contributed by atoms with E-state index >= 15 is 0 Å². The van der Waals surface area contributed by atoms with Gasteiger partial charge < -0.3 is 5.32 Å². The summed E-state index contributed by atoms with van der Waals surface area (Å²) in [7, 11) is -3.73. The molecule has 1 aromatic rings. The van der Waals surface area contributed by atoms with Crippen molar-refractivity contribution in [2.45, 2.75) is 62.8 Å². The van der Waals surface area contributed by atoms with Crippen LogP contribution >= 0.6 is 0 Å². The Balaban J connectivity index is 1.60. The summed E-state index contributed by atoms with van der Waals surface area (Å²) in [5.41, 5.74) is 0. The molecule has 1 aromatic heterocycles. The van der Waals surface area contributed by atoms with Crippen molar-refractivity contribution in [3.8, 4) is 0 Å². The van der Waals surface area contributed by atoms with Crippen LogP contribution in [0.15, 0.2) is 17.3 Å². The second-order valence-corrected chi connectivity index (χ2v) is 7.79. The molecule has 23 heavy (non-hydrogen) atoms. The van der Waals surface area contributed by atoms with Crippen LogP contribution in [0.1, 0.15) is 51.4 Å². The van der Waals surface area contributed by atoms with Gasteiger partial charge in [-0.05, 0) is 18.8 Å². The van der Waals surface area contributed by atoms with Crippen molar-refractivity contribution in [2.75, 3.05) is 6.54 Å². The topological polar surface area (TPSA) is 107 Å². The molecule has 0 spiro atoms. The molecular formula is C15H26N4O3S. The Hall–Kier alpha value is -1.41. The minimum atomic E-state index is -3.73. The van der Waals surface area contributed by atoms with Gasteiger partial charge in [-0.2, -0.15) is 5.10 Å². The molecule has 0 bridgehead atoms. The molecule has 1 aliphatic carbocycles. The number of hydrogen-bond donors (Lipinski definition) is 2. The lowest BCUT2D eigenvalue weighted by molar-refractivity contribution is -0.121. The molecule has 8 heteroatoms. The van der Waals surface area contributed by atoms with E-state index in [-0.39, 0.29) is 17.2 Å². The zero-order valence-electron chi connectivity index (χ0n) is 13.4. The second kappa shape index (κ2) is 8.44. The van der Waals surface area contributed by atoms with E-state index in [1.54, 1.807) is 0 Å². The number of carbonyl (C=O) groups is 1. The molecule has 0 aliphatic heterocycles. The van der Waals surface area contributed by atoms with Gasteiger partial charge in [0.15, 0.2) is 0 Å². The van der Waals surface area contributed by atoms with Crippen LogP contribution in [0.5, 0.6) is 0 Å². The molecule has 130 valence electrons. The maximum Gasteiger partial charge on any atom is 0.241 e. The van der Waals surface area contributed by atoms with Gasteiger partial charge in [-0.15, -0.1) is 0 Å². The highest BCUT2D eigenvalue weighted by Crippen LogP contribution is 2.26. The van der Waals surface area contributed by atoms with Gasteiger partial charge in [-0.3, -0.25) is 9.48 Å². The summed E-state index contributed by atoms with van der Waals surface area (Å²) in [6.07, 6.45) is 11.7. The van der Waals surface area contributed by atoms with Gasteiger partial charge in [0, 0.05) is 25.7 Å². The van der Waals surface area contributed by atoms with E-state index < -0.39 is 10.0 Å². The van der Waals surface area contributed by atoms with Crippen molar-refractivity contribution in [3.05, 3.63) is 12.4 Å². The van der Waals surface area contributed by atoms with Gasteiger partial charge in [0.25, 0.3) is 0 Å². The standard InChI is InChI=1S/C15H26N4O3S/c16-23(21,22)14-11-18-19(12-14)10-8-15(20)17-9-4-7-13-5-2-1-3-6-13/h11-13H,1-10H2,(H,17,20)(H2,16,21,22). The van der Waals surface area contributed by atoms with Crippen LogP contribution < -0.4 is 10.5 Å². The molecule has 7 nitrogen and oxygen atoms in total. The van der Waals surface area contributed by atoms with Crippen LogP contribution in [0.2, 0.25) is 0 Å². The molecule has 2 rings (SSSR count). The Morgan fingerprint density at radius 2 is 2.09 bits per heavy atom. The first-order valence-corrected chi connectivity index (χ1v) is 9.82. The first-order chi connectivity index (χ1) is 10.9. The SMILES string of the molecule is NS(=O)(=O)c1cnn(CCC(=O)NCCCC2CCCCC2)c1. The summed E-state index contributed by atoms with van der Waals surface area (Å²) in [6.45, 7) is 1.04. The van der Waals surface area contributed by atoms with E-state index in [1.807, 2.05) is 0 Å². The summed E-state index contributed by atoms with van der Waals surface area (Å²) in [5, 5.41) is 11.8. The van der Waals surface area contributed by atoms with E-state index in [0.717, 1.165) is 12.3 Å². The highest BCUT2D eigenvalue weighted by atomic mass is 32.2. The van der Waals surface area contributed by atoms with Crippen molar-refractivity contribution in [2.24, 2.45) is 11.1 Å². The predicted molar refractivity (Wildman–Crippen MR) is 87.0 cm³/mol. The van der Waals surface area contributed by atoms with Crippen LogP contribution in [-0.4, -0.2) is 30.7 Å². The van der Waals surface area contributed by atoms with Crippen LogP contribution in [0.25, 0.3) is 0 Å². The fraction of sp³-hybridized carbons (Fsp3) is 0.733. The predicted octanol–water partition coefficient (Wildman–Crippen LogP) is 1.40. The average molecular weight is 342 g/mol. The van der Waals surface area contributed by atoms with E-state index in [9.17, 15) is 13.2 Å². The Morgan fingerprint density at radius 1 is 1.35 bits per heavy atom. The van der Waals surface area contributed by atoms with Crippen LogP contribution in [0, 0.1) is 5.92 Å². The fourth-order valence-corrected chi connectivity index (χ4v) is 3.48. The second-order valence-electron chi connectivity index (χ2n) is 6.23. The average Bonchev–Trinajstić information content (AvgIpc) is 3.00. The van der Waals surface area contributed by atoms with Crippen molar-refractivity contribution in [3.63, 3.8) is 0 Å². The third kappa shape index (κ3) is 6.31. The summed E-state index contributed by atoms with van der Waals surface area (Å²) < 4.78 is 23.7. The van der Waals surface area contributed by atoms with Crippen molar-refractivity contribution < 1.29 is 13.2 Å². The Kier molecular flexibility index (Phi) is 6.59. The van der Waals surface area contributed by atoms with Crippen molar-refractivity contribution in [1.29, 1.82) is 0 Å². The summed E-state index contributed by atoms with van der Waals surface area (Å²) in [4.78, 5) is 11.7. The van der Waals surface area contributed by atoms with Gasteiger partial charge in [0.05, 0.1) is 6.20 Å². The van der Waals surface area contributed by atoms with Crippen molar-refractivity contribution in [1.82, 2.24) is 15.1 Å². The van der Waals surface area contributed by atoms with E-state index in [2.05, 4.69) is 10.4 Å². The molecular weight excluding hydrogens is 316 g/mol.